The molecule has 0 aliphatic heterocycles. The zero-order valence-corrected chi connectivity index (χ0v) is 13.6. The van der Waals surface area contributed by atoms with Crippen LogP contribution < -0.4 is 10.6 Å². The van der Waals surface area contributed by atoms with Gasteiger partial charge in [0.1, 0.15) is 0 Å². The Morgan fingerprint density at radius 3 is 2.71 bits per heavy atom. The molecule has 0 atom stereocenters. The van der Waals surface area contributed by atoms with Crippen LogP contribution in [0.5, 0.6) is 0 Å². The lowest BCUT2D eigenvalue weighted by atomic mass is 10.2. The number of nitrogens with zero attached hydrogens (tertiary/aromatic N) is 2. The van der Waals surface area contributed by atoms with Gasteiger partial charge in [-0.15, -0.1) is 11.3 Å². The molecule has 0 saturated heterocycles. The van der Waals surface area contributed by atoms with Crippen LogP contribution in [-0.4, -0.2) is 22.4 Å². The minimum absolute atomic E-state index is 0.185. The number of amides is 1. The number of carbonyl (C=O) groups is 1. The summed E-state index contributed by atoms with van der Waals surface area (Å²) in [4.78, 5) is 22.2. The molecular weight excluding hydrogens is 284 g/mol. The number of aromatic nitrogens is 2. The van der Waals surface area contributed by atoms with Crippen LogP contribution >= 0.6 is 11.3 Å². The molecule has 0 bridgehead atoms. The van der Waals surface area contributed by atoms with Crippen molar-refractivity contribution in [1.29, 1.82) is 0 Å². The molecule has 1 amide bonds. The average molecular weight is 304 g/mol. The first-order chi connectivity index (χ1) is 10.0. The normalized spacial score (nSPS) is 10.5. The maximum Gasteiger partial charge on any atom is 0.261 e. The monoisotopic (exact) mass is 304 g/mol. The van der Waals surface area contributed by atoms with Gasteiger partial charge in [-0.25, -0.2) is 4.98 Å². The van der Waals surface area contributed by atoms with E-state index < -0.39 is 0 Å². The van der Waals surface area contributed by atoms with Gasteiger partial charge in [-0.1, -0.05) is 6.92 Å². The number of rotatable bonds is 5. The maximum atomic E-state index is 12.4. The lowest BCUT2D eigenvalue weighted by Gasteiger charge is -2.10. The molecule has 0 spiro atoms. The maximum absolute atomic E-state index is 12.4. The van der Waals surface area contributed by atoms with E-state index in [-0.39, 0.29) is 5.91 Å². The van der Waals surface area contributed by atoms with Crippen LogP contribution in [0, 0.1) is 13.8 Å². The standard InChI is InChI=1S/C15H20N4OS/c1-5-12-10(4)21-15(18-12)19-14(20)11-8-17-9(3)7-13(11)16-6-2/h7-8H,5-6H2,1-4H3,(H,16,17)(H,18,19,20). The van der Waals surface area contributed by atoms with Gasteiger partial charge in [0.15, 0.2) is 5.13 Å². The summed E-state index contributed by atoms with van der Waals surface area (Å²) in [6, 6.07) is 1.88. The molecule has 2 rings (SSSR count). The first-order valence-electron chi connectivity index (χ1n) is 7.03. The Morgan fingerprint density at radius 2 is 2.10 bits per heavy atom. The summed E-state index contributed by atoms with van der Waals surface area (Å²) in [5.41, 5.74) is 3.24. The van der Waals surface area contributed by atoms with Gasteiger partial charge in [0.2, 0.25) is 0 Å². The Balaban J connectivity index is 2.23. The van der Waals surface area contributed by atoms with Gasteiger partial charge in [-0.3, -0.25) is 15.1 Å². The summed E-state index contributed by atoms with van der Waals surface area (Å²) in [7, 11) is 0. The lowest BCUT2D eigenvalue weighted by Crippen LogP contribution is -2.15. The Labute approximate surface area is 128 Å². The van der Waals surface area contributed by atoms with Crippen molar-refractivity contribution in [3.63, 3.8) is 0 Å². The summed E-state index contributed by atoms with van der Waals surface area (Å²) in [5, 5.41) is 6.69. The second-order valence-corrected chi connectivity index (χ2v) is 5.93. The van der Waals surface area contributed by atoms with Crippen molar-refractivity contribution in [2.24, 2.45) is 0 Å². The predicted molar refractivity (Wildman–Crippen MR) is 87.3 cm³/mol. The van der Waals surface area contributed by atoms with Crippen molar-refractivity contribution in [2.45, 2.75) is 34.1 Å². The first-order valence-corrected chi connectivity index (χ1v) is 7.85. The summed E-state index contributed by atoms with van der Waals surface area (Å²) in [5.74, 6) is -0.185. The van der Waals surface area contributed by atoms with Crippen LogP contribution in [0.4, 0.5) is 10.8 Å². The largest absolute Gasteiger partial charge is 0.385 e. The van der Waals surface area contributed by atoms with Crippen molar-refractivity contribution in [1.82, 2.24) is 9.97 Å². The summed E-state index contributed by atoms with van der Waals surface area (Å²) >= 11 is 1.50. The van der Waals surface area contributed by atoms with Gasteiger partial charge in [-0.2, -0.15) is 0 Å². The van der Waals surface area contributed by atoms with Crippen LogP contribution in [0.2, 0.25) is 0 Å². The number of thiazole rings is 1. The quantitative estimate of drug-likeness (QED) is 0.888. The fraction of sp³-hybridized carbons (Fsp3) is 0.400. The molecule has 0 aliphatic rings. The van der Waals surface area contributed by atoms with Crippen molar-refractivity contribution in [3.8, 4) is 0 Å². The van der Waals surface area contributed by atoms with Crippen molar-refractivity contribution < 1.29 is 4.79 Å². The summed E-state index contributed by atoms with van der Waals surface area (Å²) in [6.07, 6.45) is 2.47. The fourth-order valence-electron chi connectivity index (χ4n) is 2.05. The molecule has 6 heteroatoms. The predicted octanol–water partition coefficient (Wildman–Crippen LogP) is 3.40. The lowest BCUT2D eigenvalue weighted by molar-refractivity contribution is 0.102. The van der Waals surface area contributed by atoms with E-state index in [1.807, 2.05) is 26.8 Å². The molecule has 2 N–H and O–H groups in total. The summed E-state index contributed by atoms with van der Waals surface area (Å²) in [6.45, 7) is 8.72. The third-order valence-corrected chi connectivity index (χ3v) is 4.03. The molecule has 21 heavy (non-hydrogen) atoms. The molecular formula is C15H20N4OS. The van der Waals surface area contributed by atoms with Crippen LogP contribution in [0.3, 0.4) is 0 Å². The molecule has 0 aromatic carbocycles. The minimum Gasteiger partial charge on any atom is -0.385 e. The Hall–Kier alpha value is -1.95. The third kappa shape index (κ3) is 3.58. The smallest absolute Gasteiger partial charge is 0.261 e. The molecule has 2 aromatic rings. The van der Waals surface area contributed by atoms with E-state index >= 15 is 0 Å². The SMILES string of the molecule is CCNc1cc(C)ncc1C(=O)Nc1nc(CC)c(C)s1. The molecule has 0 fully saturated rings. The first kappa shape index (κ1) is 15.4. The van der Waals surface area contributed by atoms with Crippen molar-refractivity contribution in [3.05, 3.63) is 34.1 Å². The van der Waals surface area contributed by atoms with Crippen molar-refractivity contribution >= 4 is 28.1 Å². The van der Waals surface area contributed by atoms with E-state index in [2.05, 4.69) is 27.5 Å². The number of hydrogen-bond donors (Lipinski definition) is 2. The second-order valence-electron chi connectivity index (χ2n) is 4.73. The topological polar surface area (TPSA) is 66.9 Å². The van der Waals surface area contributed by atoms with Crippen LogP contribution in [0.25, 0.3) is 0 Å². The van der Waals surface area contributed by atoms with E-state index in [4.69, 9.17) is 0 Å². The highest BCUT2D eigenvalue weighted by Gasteiger charge is 2.15. The molecule has 2 heterocycles. The van der Waals surface area contributed by atoms with Gasteiger partial charge in [0.25, 0.3) is 5.91 Å². The molecule has 0 saturated carbocycles. The minimum atomic E-state index is -0.185. The Bertz CT molecular complexity index is 651. The van der Waals surface area contributed by atoms with Gasteiger partial charge in [-0.05, 0) is 33.3 Å². The highest BCUT2D eigenvalue weighted by molar-refractivity contribution is 7.15. The number of nitrogens with one attached hydrogen (secondary N) is 2. The van der Waals surface area contributed by atoms with Crippen molar-refractivity contribution in [2.75, 3.05) is 17.2 Å². The van der Waals surface area contributed by atoms with E-state index in [0.29, 0.717) is 10.7 Å². The number of hydrogen-bond acceptors (Lipinski definition) is 5. The number of carbonyl (C=O) groups excluding carboxylic acids is 1. The highest BCUT2D eigenvalue weighted by atomic mass is 32.1. The molecule has 0 unspecified atom stereocenters. The zero-order valence-electron chi connectivity index (χ0n) is 12.8. The highest BCUT2D eigenvalue weighted by Crippen LogP contribution is 2.24. The molecule has 112 valence electrons. The Morgan fingerprint density at radius 1 is 1.33 bits per heavy atom. The number of aryl methyl sites for hydroxylation is 3. The fourth-order valence-corrected chi connectivity index (χ4v) is 2.95. The Kier molecular flexibility index (Phi) is 4.90. The summed E-state index contributed by atoms with van der Waals surface area (Å²) < 4.78 is 0. The molecule has 0 aliphatic carbocycles. The van der Waals surface area contributed by atoms with Crippen LogP contribution in [-0.2, 0) is 6.42 Å². The van der Waals surface area contributed by atoms with E-state index in [1.165, 1.54) is 11.3 Å². The molecule has 0 radical (unpaired) electrons. The van der Waals surface area contributed by atoms with Gasteiger partial charge in [0.05, 0.1) is 16.9 Å². The van der Waals surface area contributed by atoms with Crippen LogP contribution in [0.1, 0.15) is 40.5 Å². The molecule has 2 aromatic heterocycles. The number of anilines is 2. The van der Waals surface area contributed by atoms with E-state index in [1.54, 1.807) is 6.20 Å². The number of pyridine rings is 1. The van der Waals surface area contributed by atoms with Gasteiger partial charge in [0, 0.05) is 23.3 Å². The van der Waals surface area contributed by atoms with Crippen LogP contribution in [0.15, 0.2) is 12.3 Å². The average Bonchev–Trinajstić information content (AvgIpc) is 2.79. The second kappa shape index (κ2) is 6.67. The zero-order chi connectivity index (χ0) is 15.4. The molecule has 5 nitrogen and oxygen atoms in total. The third-order valence-electron chi connectivity index (χ3n) is 3.10. The van der Waals surface area contributed by atoms with E-state index in [9.17, 15) is 4.79 Å². The van der Waals surface area contributed by atoms with Gasteiger partial charge >= 0.3 is 0 Å². The van der Waals surface area contributed by atoms with E-state index in [0.717, 1.165) is 34.9 Å². The van der Waals surface area contributed by atoms with Gasteiger partial charge < -0.3 is 5.32 Å².